The summed E-state index contributed by atoms with van der Waals surface area (Å²) in [4.78, 5) is 15.3. The average molecular weight is 1360 g/mol. The van der Waals surface area contributed by atoms with Crippen molar-refractivity contribution in [3.63, 3.8) is 0 Å². The van der Waals surface area contributed by atoms with E-state index in [0.717, 1.165) is 117 Å². The van der Waals surface area contributed by atoms with Crippen LogP contribution in [0.2, 0.25) is 0 Å². The Labute approximate surface area is 612 Å². The van der Waals surface area contributed by atoms with Crippen LogP contribution in [-0.4, -0.2) is 24.1 Å². The van der Waals surface area contributed by atoms with Crippen LogP contribution in [0.25, 0.3) is 189 Å². The van der Waals surface area contributed by atoms with Gasteiger partial charge in [-0.15, -0.1) is 0 Å². The first-order valence-electron chi connectivity index (χ1n) is 36.5. The number of aromatic nitrogens is 5. The van der Waals surface area contributed by atoms with Crippen LogP contribution >= 0.6 is 0 Å². The summed E-state index contributed by atoms with van der Waals surface area (Å²) in [6.45, 7) is 9.40. The van der Waals surface area contributed by atoms with Crippen molar-refractivity contribution in [1.82, 2.24) is 24.1 Å². The van der Waals surface area contributed by atoms with Crippen LogP contribution in [0.1, 0.15) is 49.9 Å². The van der Waals surface area contributed by atoms with Gasteiger partial charge >= 0.3 is 0 Å². The van der Waals surface area contributed by atoms with Crippen molar-refractivity contribution in [1.29, 1.82) is 0 Å². The number of furan rings is 2. The molecule has 0 bridgehead atoms. The zero-order valence-corrected chi connectivity index (χ0v) is 58.8. The van der Waals surface area contributed by atoms with Crippen LogP contribution in [0, 0.1) is 0 Å². The topological polar surface area (TPSA) is 74.8 Å². The maximum atomic E-state index is 6.77. The minimum absolute atomic E-state index is 0.0871. The van der Waals surface area contributed by atoms with E-state index < -0.39 is 0 Å². The second-order valence-electron chi connectivity index (χ2n) is 29.4. The molecular weight excluding hydrogens is 1290 g/mol. The van der Waals surface area contributed by atoms with Crippen LogP contribution in [0.15, 0.2) is 342 Å². The second-order valence-corrected chi connectivity index (χ2v) is 29.4. The molecule has 500 valence electrons. The van der Waals surface area contributed by atoms with Gasteiger partial charge in [-0.05, 0) is 147 Å². The SMILES string of the molecule is CC1(C)c2ccccc2-c2cc3c4ccccc4n(-c4ccc5oc6c(-c7cc(-c8ccccc8)nc(-c8ccccc8)c7)cccc6c5c4)c3cc21.CC1(C)c2ccccc2-c2cc3c4ccccc4n(-c4ccc5oc6c(-c7cc(-c8ccccc8)nc(-c8ccccc8)n7)cccc6c5c4)c3cc21. The predicted molar refractivity (Wildman–Crippen MR) is 437 cm³/mol. The van der Waals surface area contributed by atoms with Gasteiger partial charge in [0.15, 0.2) is 5.82 Å². The van der Waals surface area contributed by atoms with Gasteiger partial charge in [-0.2, -0.15) is 0 Å². The Balaban J connectivity index is 0.000000136. The molecule has 0 aliphatic heterocycles. The highest BCUT2D eigenvalue weighted by atomic mass is 16.3. The van der Waals surface area contributed by atoms with Crippen molar-refractivity contribution in [3.8, 4) is 101 Å². The van der Waals surface area contributed by atoms with Crippen LogP contribution in [0.5, 0.6) is 0 Å². The first-order chi connectivity index (χ1) is 52.1. The van der Waals surface area contributed by atoms with Crippen LogP contribution in [-0.2, 0) is 10.8 Å². The van der Waals surface area contributed by atoms with Crippen molar-refractivity contribution in [2.24, 2.45) is 0 Å². The van der Waals surface area contributed by atoms with E-state index in [1.165, 1.54) is 88.1 Å². The van der Waals surface area contributed by atoms with Crippen LogP contribution in [0.4, 0.5) is 0 Å². The van der Waals surface area contributed by atoms with Crippen LogP contribution < -0.4 is 0 Å². The van der Waals surface area contributed by atoms with E-state index in [9.17, 15) is 0 Å². The highest BCUT2D eigenvalue weighted by Crippen LogP contribution is 2.54. The Morgan fingerprint density at radius 1 is 0.236 bits per heavy atom. The van der Waals surface area contributed by atoms with Crippen molar-refractivity contribution < 1.29 is 8.83 Å². The first-order valence-corrected chi connectivity index (χ1v) is 36.5. The van der Waals surface area contributed by atoms with E-state index in [0.29, 0.717) is 5.82 Å². The molecule has 2 aliphatic carbocycles. The third kappa shape index (κ3) is 9.48. The minimum Gasteiger partial charge on any atom is -0.455 e. The molecular formula is C99H67N5O2. The molecule has 20 aromatic rings. The molecule has 0 saturated heterocycles. The number of nitrogens with zero attached hydrogens (tertiary/aromatic N) is 5. The van der Waals surface area contributed by atoms with Gasteiger partial charge in [0.05, 0.1) is 44.8 Å². The van der Waals surface area contributed by atoms with E-state index in [4.69, 9.17) is 23.8 Å². The summed E-state index contributed by atoms with van der Waals surface area (Å²) in [5.74, 6) is 0.682. The van der Waals surface area contributed by atoms with Gasteiger partial charge in [-0.3, -0.25) is 0 Å². The quantitative estimate of drug-likeness (QED) is 0.152. The smallest absolute Gasteiger partial charge is 0.160 e. The normalized spacial score (nSPS) is 13.2. The maximum absolute atomic E-state index is 6.77. The molecule has 0 radical (unpaired) electrons. The van der Waals surface area contributed by atoms with Crippen molar-refractivity contribution in [2.45, 2.75) is 38.5 Å². The summed E-state index contributed by atoms with van der Waals surface area (Å²) in [6.07, 6.45) is 0. The molecule has 14 aromatic carbocycles. The van der Waals surface area contributed by atoms with E-state index in [-0.39, 0.29) is 10.8 Å². The second kappa shape index (κ2) is 23.5. The molecule has 0 spiro atoms. The van der Waals surface area contributed by atoms with E-state index in [1.807, 2.05) is 48.5 Å². The molecule has 0 unspecified atom stereocenters. The molecule has 106 heavy (non-hydrogen) atoms. The Bertz CT molecular complexity index is 6460. The Kier molecular flexibility index (Phi) is 13.6. The Morgan fingerprint density at radius 3 is 1.11 bits per heavy atom. The molecule has 0 atom stereocenters. The number of hydrogen-bond donors (Lipinski definition) is 0. The molecule has 2 aliphatic rings. The van der Waals surface area contributed by atoms with E-state index in [2.05, 4.69) is 322 Å². The zero-order valence-electron chi connectivity index (χ0n) is 58.8. The minimum atomic E-state index is -0.0930. The van der Waals surface area contributed by atoms with Crippen LogP contribution in [0.3, 0.4) is 0 Å². The van der Waals surface area contributed by atoms with Crippen molar-refractivity contribution in [2.75, 3.05) is 0 Å². The molecule has 6 aromatic heterocycles. The fourth-order valence-corrected chi connectivity index (χ4v) is 17.4. The maximum Gasteiger partial charge on any atom is 0.160 e. The fraction of sp³-hybridized carbons (Fsp3) is 0.0606. The number of para-hydroxylation sites is 4. The highest BCUT2D eigenvalue weighted by Gasteiger charge is 2.38. The highest BCUT2D eigenvalue weighted by molar-refractivity contribution is 6.16. The average Bonchev–Trinajstić information content (AvgIpc) is 1.55. The molecule has 7 nitrogen and oxygen atoms in total. The monoisotopic (exact) mass is 1360 g/mol. The van der Waals surface area contributed by atoms with E-state index in [1.54, 1.807) is 0 Å². The molecule has 22 rings (SSSR count). The predicted octanol–water partition coefficient (Wildman–Crippen LogP) is 26.2. The summed E-state index contributed by atoms with van der Waals surface area (Å²) >= 11 is 0. The summed E-state index contributed by atoms with van der Waals surface area (Å²) in [5.41, 5.74) is 31.9. The van der Waals surface area contributed by atoms with Gasteiger partial charge in [0.1, 0.15) is 22.3 Å². The first kappa shape index (κ1) is 61.2. The Hall–Kier alpha value is -13.5. The summed E-state index contributed by atoms with van der Waals surface area (Å²) < 4.78 is 18.4. The number of pyridine rings is 1. The third-order valence-corrected chi connectivity index (χ3v) is 22.6. The summed E-state index contributed by atoms with van der Waals surface area (Å²) in [7, 11) is 0. The fourth-order valence-electron chi connectivity index (χ4n) is 17.4. The van der Waals surface area contributed by atoms with Gasteiger partial charge in [-0.1, -0.05) is 264 Å². The molecule has 7 heteroatoms. The number of rotatable bonds is 8. The number of hydrogen-bond acceptors (Lipinski definition) is 5. The van der Waals surface area contributed by atoms with Gasteiger partial charge in [0.2, 0.25) is 0 Å². The van der Waals surface area contributed by atoms with Gasteiger partial charge in [-0.25, -0.2) is 15.0 Å². The van der Waals surface area contributed by atoms with Gasteiger partial charge < -0.3 is 18.0 Å². The largest absolute Gasteiger partial charge is 0.455 e. The molecule has 0 amide bonds. The zero-order chi connectivity index (χ0) is 70.5. The van der Waals surface area contributed by atoms with Crippen molar-refractivity contribution >= 4 is 87.5 Å². The number of benzene rings is 14. The van der Waals surface area contributed by atoms with Crippen molar-refractivity contribution in [3.05, 3.63) is 356 Å². The third-order valence-electron chi connectivity index (χ3n) is 22.6. The lowest BCUT2D eigenvalue weighted by atomic mass is 9.82. The summed E-state index contributed by atoms with van der Waals surface area (Å²) in [5, 5.41) is 9.35. The summed E-state index contributed by atoms with van der Waals surface area (Å²) in [6, 6.07) is 119. The van der Waals surface area contributed by atoms with Gasteiger partial charge in [0.25, 0.3) is 0 Å². The lowest BCUT2D eigenvalue weighted by molar-refractivity contribution is 0.661. The standard InChI is InChI=1S/C50H34N2O.C49H33N3O/c1-50(2)42-22-11-9-18-36(42)39-29-40-37-19-10-12-23-46(37)52(47(40)30-43(39)50)34-24-25-48-41(28-34)38-21-13-20-35(49(38)53-48)33-26-44(31-14-5-3-6-15-31)51-45(27-33)32-16-7-4-8-17-32;1-49(2)40-22-11-9-18-33(40)37-27-38-34-19-10-12-23-44(34)52(45(38)28-41(37)49)32-24-25-46-39(26-32)35-20-13-21-36(47(35)53-46)43-29-42(30-14-5-3-6-15-30)50-48(51-43)31-16-7-4-8-17-31/h3-30H,1-2H3;3-29H,1-2H3. The Morgan fingerprint density at radius 2 is 0.623 bits per heavy atom. The molecule has 0 N–H and O–H groups in total. The van der Waals surface area contributed by atoms with E-state index >= 15 is 0 Å². The molecule has 0 saturated carbocycles. The van der Waals surface area contributed by atoms with Gasteiger partial charge in [0, 0.05) is 98.7 Å². The lowest BCUT2D eigenvalue weighted by Crippen LogP contribution is -2.14. The molecule has 6 heterocycles. The number of fused-ring (bicyclic) bond motifs is 18. The molecule has 0 fully saturated rings. The lowest BCUT2D eigenvalue weighted by Gasteiger charge is -2.21.